The van der Waals surface area contributed by atoms with Crippen LogP contribution in [0.15, 0.2) is 53.1 Å². The van der Waals surface area contributed by atoms with E-state index in [1.54, 1.807) is 6.20 Å². The summed E-state index contributed by atoms with van der Waals surface area (Å²) < 4.78 is 0.817. The molecule has 196 valence electrons. The van der Waals surface area contributed by atoms with E-state index in [0.29, 0.717) is 5.95 Å². The Kier molecular flexibility index (Phi) is 8.59. The SMILES string of the molecule is CNCc1ccccc1Nc1nc(Nc2ccc(N3CCC(N4CCCCC4)CC3)cc2C)ncc1Br. The topological polar surface area (TPSA) is 68.4 Å². The van der Waals surface area contributed by atoms with Gasteiger partial charge < -0.3 is 25.8 Å². The van der Waals surface area contributed by atoms with Gasteiger partial charge in [0.25, 0.3) is 0 Å². The molecule has 0 saturated carbocycles. The van der Waals surface area contributed by atoms with E-state index in [4.69, 9.17) is 4.98 Å². The van der Waals surface area contributed by atoms with Crippen molar-refractivity contribution in [1.29, 1.82) is 0 Å². The molecule has 0 bridgehead atoms. The summed E-state index contributed by atoms with van der Waals surface area (Å²) in [5, 5.41) is 10.1. The fraction of sp³-hybridized carbons (Fsp3) is 0.448. The zero-order valence-corrected chi connectivity index (χ0v) is 23.5. The zero-order valence-electron chi connectivity index (χ0n) is 21.9. The summed E-state index contributed by atoms with van der Waals surface area (Å²) in [6, 6.07) is 15.7. The Labute approximate surface area is 229 Å². The maximum absolute atomic E-state index is 4.75. The number of aromatic nitrogens is 2. The number of hydrogen-bond acceptors (Lipinski definition) is 7. The first-order chi connectivity index (χ1) is 18.1. The van der Waals surface area contributed by atoms with Gasteiger partial charge in [0, 0.05) is 48.9 Å². The summed E-state index contributed by atoms with van der Waals surface area (Å²) in [5.74, 6) is 1.29. The molecule has 2 saturated heterocycles. The minimum Gasteiger partial charge on any atom is -0.371 e. The third-order valence-electron chi connectivity index (χ3n) is 7.57. The van der Waals surface area contributed by atoms with Crippen molar-refractivity contribution in [3.05, 3.63) is 64.3 Å². The lowest BCUT2D eigenvalue weighted by Gasteiger charge is -2.41. The highest BCUT2D eigenvalue weighted by Crippen LogP contribution is 2.30. The smallest absolute Gasteiger partial charge is 0.229 e. The van der Waals surface area contributed by atoms with Crippen LogP contribution >= 0.6 is 15.9 Å². The van der Waals surface area contributed by atoms with Gasteiger partial charge in [-0.05, 0) is 104 Å². The van der Waals surface area contributed by atoms with E-state index in [1.165, 1.54) is 62.0 Å². The van der Waals surface area contributed by atoms with Gasteiger partial charge in [0.05, 0.1) is 4.47 Å². The summed E-state index contributed by atoms with van der Waals surface area (Å²) in [5.41, 5.74) is 5.72. The highest BCUT2D eigenvalue weighted by Gasteiger charge is 2.25. The fourth-order valence-electron chi connectivity index (χ4n) is 5.51. The minimum atomic E-state index is 0.565. The molecule has 3 heterocycles. The molecule has 37 heavy (non-hydrogen) atoms. The van der Waals surface area contributed by atoms with Crippen molar-refractivity contribution in [1.82, 2.24) is 20.2 Å². The molecule has 2 aliphatic rings. The van der Waals surface area contributed by atoms with Crippen LogP contribution in [0.3, 0.4) is 0 Å². The third-order valence-corrected chi connectivity index (χ3v) is 8.16. The van der Waals surface area contributed by atoms with Gasteiger partial charge in [-0.3, -0.25) is 0 Å². The van der Waals surface area contributed by atoms with Crippen molar-refractivity contribution in [2.24, 2.45) is 0 Å². The lowest BCUT2D eigenvalue weighted by molar-refractivity contribution is 0.141. The van der Waals surface area contributed by atoms with E-state index < -0.39 is 0 Å². The van der Waals surface area contributed by atoms with Gasteiger partial charge in [-0.15, -0.1) is 0 Å². The highest BCUT2D eigenvalue weighted by molar-refractivity contribution is 9.10. The molecule has 8 heteroatoms. The molecule has 2 aromatic carbocycles. The number of nitrogens with one attached hydrogen (secondary N) is 3. The van der Waals surface area contributed by atoms with Crippen molar-refractivity contribution in [3.8, 4) is 0 Å². The van der Waals surface area contributed by atoms with Gasteiger partial charge in [-0.1, -0.05) is 24.6 Å². The predicted molar refractivity (Wildman–Crippen MR) is 157 cm³/mol. The largest absolute Gasteiger partial charge is 0.371 e. The minimum absolute atomic E-state index is 0.565. The quantitative estimate of drug-likeness (QED) is 0.301. The maximum Gasteiger partial charge on any atom is 0.229 e. The van der Waals surface area contributed by atoms with Crippen molar-refractivity contribution in [2.75, 3.05) is 48.8 Å². The Hall–Kier alpha value is -2.68. The fourth-order valence-corrected chi connectivity index (χ4v) is 5.80. The van der Waals surface area contributed by atoms with Gasteiger partial charge in [0.15, 0.2) is 0 Å². The second-order valence-electron chi connectivity index (χ2n) is 10.1. The van der Waals surface area contributed by atoms with Crippen LogP contribution in [0.4, 0.5) is 28.8 Å². The highest BCUT2D eigenvalue weighted by atomic mass is 79.9. The van der Waals surface area contributed by atoms with Crippen molar-refractivity contribution in [2.45, 2.75) is 51.6 Å². The number of piperidine rings is 2. The van der Waals surface area contributed by atoms with Gasteiger partial charge in [0.1, 0.15) is 5.82 Å². The normalized spacial score (nSPS) is 17.1. The lowest BCUT2D eigenvalue weighted by Crippen LogP contribution is -2.46. The van der Waals surface area contributed by atoms with Crippen LogP contribution in [0.1, 0.15) is 43.2 Å². The second-order valence-corrected chi connectivity index (χ2v) is 11.0. The lowest BCUT2D eigenvalue weighted by atomic mass is 9.99. The first-order valence-corrected chi connectivity index (χ1v) is 14.3. The Bertz CT molecular complexity index is 1190. The first-order valence-electron chi connectivity index (χ1n) is 13.5. The summed E-state index contributed by atoms with van der Waals surface area (Å²) in [6.45, 7) is 7.78. The number of halogens is 1. The number of hydrogen-bond donors (Lipinski definition) is 3. The predicted octanol–water partition coefficient (Wildman–Crippen LogP) is 6.21. The van der Waals surface area contributed by atoms with Crippen LogP contribution in [0, 0.1) is 6.92 Å². The molecule has 2 fully saturated rings. The van der Waals surface area contributed by atoms with Crippen molar-refractivity contribution < 1.29 is 0 Å². The summed E-state index contributed by atoms with van der Waals surface area (Å²) in [7, 11) is 1.95. The second kappa shape index (κ2) is 12.2. The molecule has 0 atom stereocenters. The Morgan fingerprint density at radius 1 is 0.946 bits per heavy atom. The van der Waals surface area contributed by atoms with E-state index >= 15 is 0 Å². The first kappa shape index (κ1) is 25.9. The van der Waals surface area contributed by atoms with Crippen LogP contribution in [-0.2, 0) is 6.54 Å². The van der Waals surface area contributed by atoms with E-state index in [2.05, 4.69) is 83.9 Å². The number of para-hydroxylation sites is 1. The molecule has 5 rings (SSSR count). The van der Waals surface area contributed by atoms with Gasteiger partial charge in [-0.25, -0.2) is 4.98 Å². The molecule has 2 aliphatic heterocycles. The van der Waals surface area contributed by atoms with E-state index in [-0.39, 0.29) is 0 Å². The molecular weight excluding hydrogens is 526 g/mol. The number of benzene rings is 2. The number of nitrogens with zero attached hydrogens (tertiary/aromatic N) is 4. The third kappa shape index (κ3) is 6.43. The molecule has 7 nitrogen and oxygen atoms in total. The monoisotopic (exact) mass is 563 g/mol. The summed E-state index contributed by atoms with van der Waals surface area (Å²) in [4.78, 5) is 14.5. The average Bonchev–Trinajstić information content (AvgIpc) is 2.93. The van der Waals surface area contributed by atoms with Crippen LogP contribution in [0.5, 0.6) is 0 Å². The average molecular weight is 565 g/mol. The number of anilines is 5. The van der Waals surface area contributed by atoms with E-state index in [9.17, 15) is 0 Å². The Morgan fingerprint density at radius 3 is 2.49 bits per heavy atom. The molecule has 0 unspecified atom stereocenters. The molecule has 1 aromatic heterocycles. The van der Waals surface area contributed by atoms with Crippen LogP contribution < -0.4 is 20.9 Å². The van der Waals surface area contributed by atoms with E-state index in [1.807, 2.05) is 19.2 Å². The molecule has 0 radical (unpaired) electrons. The van der Waals surface area contributed by atoms with Gasteiger partial charge in [0.2, 0.25) is 5.95 Å². The van der Waals surface area contributed by atoms with Crippen LogP contribution in [-0.4, -0.2) is 54.1 Å². The van der Waals surface area contributed by atoms with Crippen LogP contribution in [0.25, 0.3) is 0 Å². The molecule has 3 aromatic rings. The molecule has 3 N–H and O–H groups in total. The van der Waals surface area contributed by atoms with Gasteiger partial charge in [-0.2, -0.15) is 4.98 Å². The summed E-state index contributed by atoms with van der Waals surface area (Å²) in [6.07, 6.45) is 8.46. The Balaban J connectivity index is 1.24. The van der Waals surface area contributed by atoms with Crippen molar-refractivity contribution in [3.63, 3.8) is 0 Å². The zero-order chi connectivity index (χ0) is 25.6. The number of rotatable bonds is 8. The van der Waals surface area contributed by atoms with Gasteiger partial charge >= 0.3 is 0 Å². The molecule has 0 amide bonds. The number of aryl methyl sites for hydroxylation is 1. The summed E-state index contributed by atoms with van der Waals surface area (Å²) >= 11 is 3.60. The molecule has 0 aliphatic carbocycles. The Morgan fingerprint density at radius 2 is 1.73 bits per heavy atom. The van der Waals surface area contributed by atoms with Crippen molar-refractivity contribution >= 4 is 44.8 Å². The maximum atomic E-state index is 4.75. The van der Waals surface area contributed by atoms with Crippen LogP contribution in [0.2, 0.25) is 0 Å². The van der Waals surface area contributed by atoms with E-state index in [0.717, 1.165) is 47.3 Å². The molecule has 0 spiro atoms. The molecular formula is C29H38BrN7. The number of likely N-dealkylation sites (tertiary alicyclic amines) is 1. The standard InChI is InChI=1S/C29H38BrN7/c1-21-18-24(37-16-12-23(13-17-37)36-14-6-3-7-15-36)10-11-26(21)34-29-32-20-25(30)28(35-29)33-27-9-5-4-8-22(27)19-31-2/h4-5,8-11,18,20,23,31H,3,6-7,12-17,19H2,1-2H3,(H2,32,33,34,35).